The summed E-state index contributed by atoms with van der Waals surface area (Å²) < 4.78 is 12.5. The fourth-order valence-corrected chi connectivity index (χ4v) is 10.4. The van der Waals surface area contributed by atoms with Crippen molar-refractivity contribution in [3.8, 4) is 46.9 Å². The van der Waals surface area contributed by atoms with Crippen molar-refractivity contribution in [3.05, 3.63) is 79.5 Å². The number of ether oxygens (including phenoxy) is 2. The van der Waals surface area contributed by atoms with Crippen LogP contribution in [-0.4, -0.2) is 24.6 Å². The van der Waals surface area contributed by atoms with Gasteiger partial charge in [-0.15, -0.1) is 22.7 Å². The average molecular weight is 761 g/mol. The van der Waals surface area contributed by atoms with Gasteiger partial charge in [-0.2, -0.15) is 21.0 Å². The van der Waals surface area contributed by atoms with Gasteiger partial charge < -0.3 is 9.47 Å². The van der Waals surface area contributed by atoms with Crippen LogP contribution in [0.2, 0.25) is 0 Å². The van der Waals surface area contributed by atoms with Gasteiger partial charge in [0.1, 0.15) is 45.8 Å². The average Bonchev–Trinajstić information content (AvgIpc) is 3.93. The molecule has 0 aliphatic heterocycles. The van der Waals surface area contributed by atoms with Crippen LogP contribution >= 0.6 is 22.7 Å². The van der Waals surface area contributed by atoms with Gasteiger partial charge in [-0.3, -0.25) is 0 Å². The molecular weight excluding hydrogens is 721 g/mol. The number of hydrogen-bond acceptors (Lipinski definition) is 10. The highest BCUT2D eigenvalue weighted by atomic mass is 32.1. The van der Waals surface area contributed by atoms with Crippen molar-refractivity contribution in [1.29, 1.82) is 21.0 Å². The van der Waals surface area contributed by atoms with E-state index in [1.807, 2.05) is 36.4 Å². The summed E-state index contributed by atoms with van der Waals surface area (Å²) in [5.41, 5.74) is 10.8. The Morgan fingerprint density at radius 1 is 0.564 bits per heavy atom. The Labute approximate surface area is 330 Å². The third-order valence-corrected chi connectivity index (χ3v) is 13.0. The molecule has 0 fully saturated rings. The van der Waals surface area contributed by atoms with Crippen LogP contribution in [0.5, 0.6) is 11.5 Å². The fraction of sp³-hybridized carbons (Fsp3) is 0.333. The van der Waals surface area contributed by atoms with E-state index in [1.54, 1.807) is 0 Å². The molecule has 7 rings (SSSR count). The molecule has 274 valence electrons. The van der Waals surface area contributed by atoms with E-state index in [-0.39, 0.29) is 27.7 Å². The van der Waals surface area contributed by atoms with Gasteiger partial charge in [0.2, 0.25) is 11.4 Å². The summed E-state index contributed by atoms with van der Waals surface area (Å²) >= 11 is 2.89. The molecule has 4 aromatic rings. The lowest BCUT2D eigenvalue weighted by Gasteiger charge is -2.26. The Kier molecular flexibility index (Phi) is 9.43. The standard InChI is InChI=1S/C45H40N6O2S2/c1-9-11-52-37-19-39(50-27(21-46)22-47)54-41(37)35-15-25-13-33-29(17-31(25)43(35,3)4)30-18-32-26(14-34(30)45(33,7)8)16-36(44(32,5)6)42-38(53-12-10-2)20-40(55-42)51-28(23-48)24-49/h13-20H,9-12H2,1-8H3. The minimum atomic E-state index is -0.364. The molecule has 3 aliphatic rings. The van der Waals surface area contributed by atoms with Crippen molar-refractivity contribution in [3.63, 3.8) is 0 Å². The maximum absolute atomic E-state index is 9.37. The molecule has 2 aromatic carbocycles. The molecule has 55 heavy (non-hydrogen) atoms. The summed E-state index contributed by atoms with van der Waals surface area (Å²) in [7, 11) is 0. The zero-order chi connectivity index (χ0) is 39.4. The van der Waals surface area contributed by atoms with E-state index in [4.69, 9.17) is 9.47 Å². The van der Waals surface area contributed by atoms with Crippen LogP contribution in [0, 0.1) is 45.3 Å². The predicted octanol–water partition coefficient (Wildman–Crippen LogP) is 11.6. The molecular formula is C45H40N6O2S2. The Balaban J connectivity index is 1.30. The second-order valence-electron chi connectivity index (χ2n) is 15.6. The SMILES string of the molecule is CCCOc1cc(N=C(C#N)C#N)sc1C1=Cc2cc3c(cc2C1(C)C)-c1cc2c(cc1C3(C)C)C=C(c1sc(N=C(C#N)C#N)cc1OCCC)C2(C)C. The van der Waals surface area contributed by atoms with Gasteiger partial charge in [0.05, 0.1) is 23.0 Å². The van der Waals surface area contributed by atoms with Crippen molar-refractivity contribution in [2.45, 2.75) is 84.5 Å². The van der Waals surface area contributed by atoms with Gasteiger partial charge in [-0.05, 0) is 105 Å². The lowest BCUT2D eigenvalue weighted by atomic mass is 9.77. The van der Waals surface area contributed by atoms with Gasteiger partial charge in [0, 0.05) is 28.4 Å². The van der Waals surface area contributed by atoms with Gasteiger partial charge in [-0.25, -0.2) is 9.98 Å². The van der Waals surface area contributed by atoms with Crippen molar-refractivity contribution >= 4 is 67.4 Å². The first-order valence-electron chi connectivity index (χ1n) is 18.4. The topological polar surface area (TPSA) is 138 Å². The zero-order valence-corrected chi connectivity index (χ0v) is 33.9. The maximum atomic E-state index is 9.37. The summed E-state index contributed by atoms with van der Waals surface area (Å²) in [6.45, 7) is 18.8. The Bertz CT molecular complexity index is 2390. The highest BCUT2D eigenvalue weighted by Gasteiger charge is 2.44. The number of fused-ring (bicyclic) bond motifs is 5. The minimum Gasteiger partial charge on any atom is -0.492 e. The van der Waals surface area contributed by atoms with Gasteiger partial charge in [0.25, 0.3) is 0 Å². The second-order valence-corrected chi connectivity index (χ2v) is 17.6. The van der Waals surface area contributed by atoms with Gasteiger partial charge >= 0.3 is 0 Å². The van der Waals surface area contributed by atoms with Crippen LogP contribution in [0.3, 0.4) is 0 Å². The molecule has 0 amide bonds. The Morgan fingerprint density at radius 2 is 0.945 bits per heavy atom. The van der Waals surface area contributed by atoms with Crippen LogP contribution in [0.1, 0.15) is 111 Å². The molecule has 2 heterocycles. The van der Waals surface area contributed by atoms with Crippen LogP contribution in [0.4, 0.5) is 10.0 Å². The van der Waals surface area contributed by atoms with Crippen molar-refractivity contribution in [1.82, 2.24) is 0 Å². The number of nitriles is 4. The van der Waals surface area contributed by atoms with Crippen LogP contribution in [0.25, 0.3) is 34.4 Å². The van der Waals surface area contributed by atoms with Crippen LogP contribution in [0.15, 0.2) is 46.4 Å². The number of nitrogens with zero attached hydrogens (tertiary/aromatic N) is 6. The van der Waals surface area contributed by atoms with E-state index < -0.39 is 0 Å². The van der Waals surface area contributed by atoms with E-state index in [1.165, 1.54) is 67.2 Å². The summed E-state index contributed by atoms with van der Waals surface area (Å²) in [4.78, 5) is 10.6. The third-order valence-electron chi connectivity index (χ3n) is 11.0. The second kappa shape index (κ2) is 13.8. The predicted molar refractivity (Wildman–Crippen MR) is 223 cm³/mol. The number of aliphatic imine (C=N–C) groups is 2. The highest BCUT2D eigenvalue weighted by Crippen LogP contribution is 2.59. The molecule has 0 spiro atoms. The largest absolute Gasteiger partial charge is 0.492 e. The molecule has 0 radical (unpaired) electrons. The van der Waals surface area contributed by atoms with E-state index in [2.05, 4.69) is 102 Å². The molecule has 0 N–H and O–H groups in total. The molecule has 3 aliphatic carbocycles. The summed E-state index contributed by atoms with van der Waals surface area (Å²) in [6.07, 6.45) is 6.24. The monoisotopic (exact) mass is 760 g/mol. The summed E-state index contributed by atoms with van der Waals surface area (Å²) in [5, 5.41) is 38.6. The maximum Gasteiger partial charge on any atom is 0.219 e. The number of benzene rings is 2. The van der Waals surface area contributed by atoms with E-state index in [9.17, 15) is 21.0 Å². The molecule has 10 heteroatoms. The first kappa shape index (κ1) is 37.5. The molecule has 0 bridgehead atoms. The number of hydrogen-bond donors (Lipinski definition) is 0. The molecule has 0 atom stereocenters. The molecule has 8 nitrogen and oxygen atoms in total. The first-order chi connectivity index (χ1) is 26.2. The Morgan fingerprint density at radius 3 is 1.29 bits per heavy atom. The molecule has 0 saturated carbocycles. The fourth-order valence-electron chi connectivity index (χ4n) is 8.06. The summed E-state index contributed by atoms with van der Waals surface area (Å²) in [6, 6.07) is 20.7. The number of rotatable bonds is 10. The zero-order valence-electron chi connectivity index (χ0n) is 32.3. The van der Waals surface area contributed by atoms with Crippen molar-refractivity contribution < 1.29 is 9.47 Å². The number of thiophene rings is 2. The van der Waals surface area contributed by atoms with Gasteiger partial charge in [0.15, 0.2) is 0 Å². The van der Waals surface area contributed by atoms with E-state index in [0.717, 1.165) is 45.2 Å². The summed E-state index contributed by atoms with van der Waals surface area (Å²) in [5.74, 6) is 1.44. The number of allylic oxidation sites excluding steroid dienone is 2. The van der Waals surface area contributed by atoms with Crippen molar-refractivity contribution in [2.75, 3.05) is 13.2 Å². The third kappa shape index (κ3) is 6.07. The normalized spacial score (nSPS) is 15.8. The van der Waals surface area contributed by atoms with E-state index in [0.29, 0.717) is 23.2 Å². The molecule has 0 saturated heterocycles. The quantitative estimate of drug-likeness (QED) is 0.147. The Hall–Kier alpha value is -5.78. The van der Waals surface area contributed by atoms with Crippen LogP contribution < -0.4 is 9.47 Å². The van der Waals surface area contributed by atoms with Gasteiger partial charge in [-0.1, -0.05) is 55.4 Å². The highest BCUT2D eigenvalue weighted by molar-refractivity contribution is 7.17. The lowest BCUT2D eigenvalue weighted by molar-refractivity contribution is 0.317. The van der Waals surface area contributed by atoms with E-state index >= 15 is 0 Å². The van der Waals surface area contributed by atoms with Crippen molar-refractivity contribution in [2.24, 2.45) is 9.98 Å². The molecule has 0 unspecified atom stereocenters. The minimum absolute atomic E-state index is 0.184. The first-order valence-corrected chi connectivity index (χ1v) is 20.0. The smallest absolute Gasteiger partial charge is 0.219 e. The van der Waals surface area contributed by atoms with Crippen LogP contribution in [-0.2, 0) is 16.2 Å². The lowest BCUT2D eigenvalue weighted by Crippen LogP contribution is -2.18. The molecule has 2 aromatic heterocycles.